The minimum absolute atomic E-state index is 0.0524. The summed E-state index contributed by atoms with van der Waals surface area (Å²) in [7, 11) is 3.41. The van der Waals surface area contributed by atoms with E-state index in [1.807, 2.05) is 13.1 Å². The van der Waals surface area contributed by atoms with Crippen LogP contribution in [0, 0.1) is 0 Å². The summed E-state index contributed by atoms with van der Waals surface area (Å²) in [6.45, 7) is 2.35. The third-order valence-electron chi connectivity index (χ3n) is 8.76. The van der Waals surface area contributed by atoms with Gasteiger partial charge < -0.3 is 38.4 Å². The van der Waals surface area contributed by atoms with Crippen LogP contribution in [0.1, 0.15) is 44.2 Å². The molecule has 1 spiro atoms. The lowest BCUT2D eigenvalue weighted by Crippen LogP contribution is -2.74. The molecule has 0 aromatic heterocycles. The maximum Gasteiger partial charge on any atom is 0.491 e. The molecule has 2 aliphatic carbocycles. The second-order valence-corrected chi connectivity index (χ2v) is 11.3. The van der Waals surface area contributed by atoms with Gasteiger partial charge in [0.1, 0.15) is 5.76 Å². The summed E-state index contributed by atoms with van der Waals surface area (Å²) < 4.78 is 68.0. The molecule has 4 aliphatic rings. The SMILES string of the molecule is COc1ccc2c3c1O[C@H]1C(OC(=O)C[C@H](OC(C)=O)C(=O)O[C@@H](C)C(=O)OC(=O)C(F)(F)F)=CC[C@@]4(O)[C@@H](C2)N(C)CC[C@]314. The van der Waals surface area contributed by atoms with Gasteiger partial charge in [-0.05, 0) is 51.1 Å². The number of methoxy groups -OCH3 is 1. The van der Waals surface area contributed by atoms with E-state index in [4.69, 9.17) is 23.7 Å². The predicted molar refractivity (Wildman–Crippen MR) is 140 cm³/mol. The van der Waals surface area contributed by atoms with Crippen LogP contribution in [0.3, 0.4) is 0 Å². The number of carbonyl (C=O) groups excluding carboxylic acids is 5. The van der Waals surface area contributed by atoms with Gasteiger partial charge in [-0.2, -0.15) is 13.2 Å². The number of carbonyl (C=O) groups is 5. The van der Waals surface area contributed by atoms with Gasteiger partial charge in [0.25, 0.3) is 0 Å². The number of likely N-dealkylation sites (N-methyl/N-ethyl adjacent to an activating group) is 1. The number of benzene rings is 1. The number of likely N-dealkylation sites (tertiary alicyclic amines) is 1. The first-order valence-corrected chi connectivity index (χ1v) is 13.9. The number of hydrogen-bond acceptors (Lipinski definition) is 13. The molecule has 2 heterocycles. The molecule has 244 valence electrons. The zero-order valence-electron chi connectivity index (χ0n) is 24.6. The van der Waals surface area contributed by atoms with Crippen molar-refractivity contribution in [2.45, 2.75) is 81.1 Å². The number of nitrogens with zero attached hydrogens (tertiary/aromatic N) is 1. The Labute approximate surface area is 254 Å². The molecule has 1 fully saturated rings. The number of aliphatic hydroxyl groups is 1. The molecular weight excluding hydrogens is 611 g/mol. The molecule has 1 aromatic carbocycles. The van der Waals surface area contributed by atoms with Crippen molar-refractivity contribution < 1.29 is 70.7 Å². The van der Waals surface area contributed by atoms with Crippen LogP contribution in [0.2, 0.25) is 0 Å². The van der Waals surface area contributed by atoms with Crippen LogP contribution >= 0.6 is 0 Å². The monoisotopic (exact) mass is 641 g/mol. The first-order valence-electron chi connectivity index (χ1n) is 13.9. The highest BCUT2D eigenvalue weighted by Gasteiger charge is 2.72. The predicted octanol–water partition coefficient (Wildman–Crippen LogP) is 1.40. The largest absolute Gasteiger partial charge is 0.493 e. The molecular formula is C29H30F3NO12. The summed E-state index contributed by atoms with van der Waals surface area (Å²) in [6.07, 6.45) is -8.71. The molecule has 6 atom stereocenters. The summed E-state index contributed by atoms with van der Waals surface area (Å²) >= 11 is 0. The van der Waals surface area contributed by atoms with Crippen molar-refractivity contribution in [3.63, 3.8) is 0 Å². The quantitative estimate of drug-likeness (QED) is 0.246. The average molecular weight is 642 g/mol. The number of ether oxygens (including phenoxy) is 6. The number of hydrogen-bond donors (Lipinski definition) is 1. The summed E-state index contributed by atoms with van der Waals surface area (Å²) in [5, 5.41) is 12.3. The molecule has 1 N–H and O–H groups in total. The van der Waals surface area contributed by atoms with E-state index >= 15 is 0 Å². The van der Waals surface area contributed by atoms with E-state index in [9.17, 15) is 42.3 Å². The molecule has 45 heavy (non-hydrogen) atoms. The maximum atomic E-state index is 13.2. The number of alkyl halides is 3. The summed E-state index contributed by atoms with van der Waals surface area (Å²) in [5.41, 5.74) is -0.534. The zero-order valence-corrected chi connectivity index (χ0v) is 24.6. The molecule has 5 rings (SSSR count). The lowest BCUT2D eigenvalue weighted by atomic mass is 9.50. The zero-order chi connectivity index (χ0) is 33.1. The van der Waals surface area contributed by atoms with Crippen molar-refractivity contribution in [3.8, 4) is 11.5 Å². The Hall–Kier alpha value is -4.18. The number of halogens is 3. The third kappa shape index (κ3) is 5.28. The van der Waals surface area contributed by atoms with Crippen molar-refractivity contribution in [3.05, 3.63) is 35.1 Å². The second-order valence-electron chi connectivity index (χ2n) is 11.3. The highest BCUT2D eigenvalue weighted by Crippen LogP contribution is 2.65. The lowest BCUT2D eigenvalue weighted by Gasteiger charge is -2.61. The molecule has 16 heteroatoms. The van der Waals surface area contributed by atoms with Crippen LogP contribution in [0.25, 0.3) is 0 Å². The standard InChI is InChI=1S/C29H30F3NO12/c1-13(24(36)45-26(38)29(30,31)32)41-25(37)18(42-14(2)34)12-20(35)43-17-7-8-28(39)19-11-15-5-6-16(40-4)22-21(15)27(28,23(17)44-22)9-10-33(19)3/h5-7,13,18-19,23,39H,8-12H2,1-4H3/t13-,18-,19+,23-,27-,28+/m0/s1. The van der Waals surface area contributed by atoms with Gasteiger partial charge in [-0.1, -0.05) is 6.07 Å². The van der Waals surface area contributed by atoms with Crippen molar-refractivity contribution in [2.24, 2.45) is 0 Å². The Balaban J connectivity index is 1.35. The normalized spacial score (nSPS) is 27.5. The van der Waals surface area contributed by atoms with Gasteiger partial charge in [0.05, 0.1) is 24.5 Å². The molecule has 1 saturated heterocycles. The highest BCUT2D eigenvalue weighted by molar-refractivity contribution is 5.92. The van der Waals surface area contributed by atoms with Crippen molar-refractivity contribution in [1.82, 2.24) is 4.90 Å². The van der Waals surface area contributed by atoms with Crippen LogP contribution in [0.5, 0.6) is 11.5 Å². The first-order chi connectivity index (χ1) is 21.0. The smallest absolute Gasteiger partial charge is 0.491 e. The van der Waals surface area contributed by atoms with E-state index in [-0.39, 0.29) is 18.2 Å². The van der Waals surface area contributed by atoms with Gasteiger partial charge in [0.2, 0.25) is 6.10 Å². The van der Waals surface area contributed by atoms with Crippen LogP contribution in [0.4, 0.5) is 13.2 Å². The van der Waals surface area contributed by atoms with Gasteiger partial charge in [-0.3, -0.25) is 9.59 Å². The molecule has 0 saturated carbocycles. The van der Waals surface area contributed by atoms with Crippen molar-refractivity contribution >= 4 is 29.8 Å². The molecule has 13 nitrogen and oxygen atoms in total. The number of esters is 5. The van der Waals surface area contributed by atoms with Crippen molar-refractivity contribution in [1.29, 1.82) is 0 Å². The molecule has 0 radical (unpaired) electrons. The fourth-order valence-electron chi connectivity index (χ4n) is 6.82. The minimum Gasteiger partial charge on any atom is -0.493 e. The second kappa shape index (κ2) is 11.3. The summed E-state index contributed by atoms with van der Waals surface area (Å²) in [5.74, 6) is -7.34. The van der Waals surface area contributed by atoms with Gasteiger partial charge in [-0.25, -0.2) is 14.4 Å². The molecule has 2 bridgehead atoms. The van der Waals surface area contributed by atoms with E-state index in [0.717, 1.165) is 25.0 Å². The van der Waals surface area contributed by atoms with Crippen molar-refractivity contribution in [2.75, 3.05) is 20.7 Å². The molecule has 0 amide bonds. The van der Waals surface area contributed by atoms with E-state index in [1.165, 1.54) is 13.2 Å². The molecule has 2 aliphatic heterocycles. The Bertz CT molecular complexity index is 1490. The van der Waals surface area contributed by atoms with Gasteiger partial charge in [-0.15, -0.1) is 0 Å². The van der Waals surface area contributed by atoms with Crippen LogP contribution in [-0.2, 0) is 54.8 Å². The van der Waals surface area contributed by atoms with Gasteiger partial charge in [0, 0.05) is 24.9 Å². The van der Waals surface area contributed by atoms with Crippen LogP contribution in [0.15, 0.2) is 24.0 Å². The minimum atomic E-state index is -5.48. The third-order valence-corrected chi connectivity index (χ3v) is 8.76. The number of rotatable bonds is 8. The maximum absolute atomic E-state index is 13.2. The lowest BCUT2D eigenvalue weighted by molar-refractivity contribution is -0.206. The Morgan fingerprint density at radius 3 is 2.51 bits per heavy atom. The molecule has 1 aromatic rings. The van der Waals surface area contributed by atoms with Crippen LogP contribution in [-0.4, -0.2) is 96.7 Å². The topological polar surface area (TPSA) is 164 Å². The summed E-state index contributed by atoms with van der Waals surface area (Å²) in [6, 6.07) is 3.43. The average Bonchev–Trinajstić information content (AvgIpc) is 3.31. The van der Waals surface area contributed by atoms with E-state index in [1.54, 1.807) is 6.07 Å². The fraction of sp³-hybridized carbons (Fsp3) is 0.552. The van der Waals surface area contributed by atoms with E-state index in [2.05, 4.69) is 9.64 Å². The van der Waals surface area contributed by atoms with Crippen LogP contribution < -0.4 is 9.47 Å². The Morgan fingerprint density at radius 1 is 1.16 bits per heavy atom. The Morgan fingerprint density at radius 2 is 1.87 bits per heavy atom. The van der Waals surface area contributed by atoms with Gasteiger partial charge >= 0.3 is 36.0 Å². The first kappa shape index (κ1) is 32.2. The summed E-state index contributed by atoms with van der Waals surface area (Å²) in [4.78, 5) is 62.4. The number of piperidine rings is 1. The Kier molecular flexibility index (Phi) is 8.10. The fourth-order valence-corrected chi connectivity index (χ4v) is 6.82. The molecule has 0 unspecified atom stereocenters. The van der Waals surface area contributed by atoms with E-state index < -0.39 is 71.8 Å². The van der Waals surface area contributed by atoms with E-state index in [0.29, 0.717) is 30.9 Å². The highest BCUT2D eigenvalue weighted by atomic mass is 19.4. The van der Waals surface area contributed by atoms with Gasteiger partial charge in [0.15, 0.2) is 23.7 Å².